The topological polar surface area (TPSA) is 67.2 Å². The van der Waals surface area contributed by atoms with Gasteiger partial charge in [0.2, 0.25) is 5.91 Å². The van der Waals surface area contributed by atoms with Crippen molar-refractivity contribution in [2.45, 2.75) is 25.9 Å². The molecule has 1 aliphatic rings. The number of para-hydroxylation sites is 4. The van der Waals surface area contributed by atoms with E-state index in [-0.39, 0.29) is 24.1 Å². The van der Waals surface area contributed by atoms with Gasteiger partial charge >= 0.3 is 0 Å². The fourth-order valence-electron chi connectivity index (χ4n) is 3.37. The number of carbonyl (C=O) groups excluding carboxylic acids is 1. The van der Waals surface area contributed by atoms with E-state index in [1.54, 1.807) is 4.90 Å². The fourth-order valence-corrected chi connectivity index (χ4v) is 3.37. The van der Waals surface area contributed by atoms with E-state index in [4.69, 9.17) is 0 Å². The monoisotopic (exact) mass is 348 g/mol. The molecule has 0 fully saturated rings. The Hall–Kier alpha value is -3.15. The molecular weight excluding hydrogens is 328 g/mol. The van der Waals surface area contributed by atoms with E-state index >= 15 is 0 Å². The van der Waals surface area contributed by atoms with E-state index in [0.29, 0.717) is 17.6 Å². The van der Waals surface area contributed by atoms with Crippen LogP contribution in [0.25, 0.3) is 11.0 Å². The van der Waals surface area contributed by atoms with E-state index in [2.05, 4.69) is 17.2 Å². The molecule has 1 aliphatic heterocycles. The third-order valence-electron chi connectivity index (χ3n) is 4.73. The number of hydrogen-bond acceptors (Lipinski definition) is 4. The summed E-state index contributed by atoms with van der Waals surface area (Å²) in [7, 11) is 0. The molecule has 1 amide bonds. The average molecular weight is 348 g/mol. The van der Waals surface area contributed by atoms with Gasteiger partial charge in [-0.3, -0.25) is 14.2 Å². The molecular formula is C20H20N4O2. The summed E-state index contributed by atoms with van der Waals surface area (Å²) in [6.07, 6.45) is 2.11. The highest BCUT2D eigenvalue weighted by Gasteiger charge is 2.24. The highest BCUT2D eigenvalue weighted by molar-refractivity contribution is 5.97. The first-order valence-electron chi connectivity index (χ1n) is 8.74. The normalized spacial score (nSPS) is 16.7. The minimum Gasteiger partial charge on any atom is -0.381 e. The van der Waals surface area contributed by atoms with Crippen molar-refractivity contribution in [1.82, 2.24) is 9.55 Å². The van der Waals surface area contributed by atoms with Gasteiger partial charge in [-0.25, -0.2) is 4.98 Å². The summed E-state index contributed by atoms with van der Waals surface area (Å²) in [4.78, 5) is 31.4. The van der Waals surface area contributed by atoms with Crippen LogP contribution in [0.2, 0.25) is 0 Å². The van der Waals surface area contributed by atoms with Crippen LogP contribution >= 0.6 is 0 Å². The van der Waals surface area contributed by atoms with Crippen molar-refractivity contribution < 1.29 is 4.79 Å². The lowest BCUT2D eigenvalue weighted by atomic mass is 10.2. The molecule has 1 N–H and O–H groups in total. The second kappa shape index (κ2) is 6.63. The Morgan fingerprint density at radius 1 is 1.19 bits per heavy atom. The minimum atomic E-state index is -0.272. The van der Waals surface area contributed by atoms with Crippen LogP contribution < -0.4 is 15.8 Å². The molecule has 1 unspecified atom stereocenters. The molecule has 1 aromatic heterocycles. The van der Waals surface area contributed by atoms with Crippen LogP contribution in [0, 0.1) is 0 Å². The number of nitrogens with zero attached hydrogens (tertiary/aromatic N) is 3. The van der Waals surface area contributed by atoms with Gasteiger partial charge in [-0.05, 0) is 37.6 Å². The van der Waals surface area contributed by atoms with E-state index in [0.717, 1.165) is 17.8 Å². The van der Waals surface area contributed by atoms with E-state index in [9.17, 15) is 9.59 Å². The van der Waals surface area contributed by atoms with Gasteiger partial charge in [0, 0.05) is 12.6 Å². The molecule has 4 rings (SSSR count). The van der Waals surface area contributed by atoms with Gasteiger partial charge in [0.15, 0.2) is 0 Å². The SMILES string of the molecule is CC1CCN(C(=O)Cn2c(=O)cnc3ccccc32)c2ccccc2N1. The summed E-state index contributed by atoms with van der Waals surface area (Å²) in [5.74, 6) is -0.105. The highest BCUT2D eigenvalue weighted by Crippen LogP contribution is 2.30. The maximum absolute atomic E-state index is 13.1. The molecule has 132 valence electrons. The number of carbonyl (C=O) groups is 1. The van der Waals surface area contributed by atoms with Gasteiger partial charge in [-0.15, -0.1) is 0 Å². The molecule has 0 saturated carbocycles. The highest BCUT2D eigenvalue weighted by atomic mass is 16.2. The maximum atomic E-state index is 13.1. The molecule has 2 heterocycles. The van der Waals surface area contributed by atoms with Crippen LogP contribution in [0.4, 0.5) is 11.4 Å². The van der Waals surface area contributed by atoms with Crippen LogP contribution in [0.5, 0.6) is 0 Å². The molecule has 0 bridgehead atoms. The number of amides is 1. The summed E-state index contributed by atoms with van der Waals surface area (Å²) in [5.41, 5.74) is 2.90. The summed E-state index contributed by atoms with van der Waals surface area (Å²) in [5, 5.41) is 3.44. The lowest BCUT2D eigenvalue weighted by molar-refractivity contribution is -0.119. The third kappa shape index (κ3) is 2.94. The second-order valence-electron chi connectivity index (χ2n) is 6.57. The number of benzene rings is 2. The molecule has 26 heavy (non-hydrogen) atoms. The minimum absolute atomic E-state index is 0.00934. The van der Waals surface area contributed by atoms with E-state index in [1.807, 2.05) is 48.5 Å². The Morgan fingerprint density at radius 2 is 1.96 bits per heavy atom. The van der Waals surface area contributed by atoms with Crippen molar-refractivity contribution in [3.63, 3.8) is 0 Å². The van der Waals surface area contributed by atoms with Crippen molar-refractivity contribution in [3.8, 4) is 0 Å². The molecule has 0 saturated heterocycles. The average Bonchev–Trinajstić information content (AvgIpc) is 2.82. The first-order chi connectivity index (χ1) is 12.6. The van der Waals surface area contributed by atoms with Crippen LogP contribution in [0.1, 0.15) is 13.3 Å². The van der Waals surface area contributed by atoms with Crippen molar-refractivity contribution >= 4 is 28.3 Å². The number of hydrogen-bond donors (Lipinski definition) is 1. The Morgan fingerprint density at radius 3 is 2.85 bits per heavy atom. The molecule has 3 aromatic rings. The molecule has 2 aromatic carbocycles. The van der Waals surface area contributed by atoms with Gasteiger partial charge in [0.1, 0.15) is 6.54 Å². The number of aromatic nitrogens is 2. The zero-order valence-electron chi connectivity index (χ0n) is 14.6. The zero-order chi connectivity index (χ0) is 18.1. The largest absolute Gasteiger partial charge is 0.381 e. The van der Waals surface area contributed by atoms with Gasteiger partial charge in [-0.2, -0.15) is 0 Å². The van der Waals surface area contributed by atoms with E-state index < -0.39 is 0 Å². The molecule has 0 radical (unpaired) electrons. The molecule has 0 aliphatic carbocycles. The summed E-state index contributed by atoms with van der Waals surface area (Å²) >= 11 is 0. The second-order valence-corrected chi connectivity index (χ2v) is 6.57. The lowest BCUT2D eigenvalue weighted by Gasteiger charge is -2.23. The van der Waals surface area contributed by atoms with Crippen molar-refractivity contribution in [1.29, 1.82) is 0 Å². The maximum Gasteiger partial charge on any atom is 0.269 e. The number of nitrogens with one attached hydrogen (secondary N) is 1. The third-order valence-corrected chi connectivity index (χ3v) is 4.73. The van der Waals surface area contributed by atoms with Crippen LogP contribution in [0.3, 0.4) is 0 Å². The predicted molar refractivity (Wildman–Crippen MR) is 102 cm³/mol. The van der Waals surface area contributed by atoms with Crippen LogP contribution in [0.15, 0.2) is 59.5 Å². The van der Waals surface area contributed by atoms with Crippen molar-refractivity contribution in [2.24, 2.45) is 0 Å². The standard InChI is InChI=1S/C20H20N4O2/c1-14-10-11-23(18-9-5-3-7-16(18)22-14)20(26)13-24-17-8-4-2-6-15(17)21-12-19(24)25/h2-9,12,14,22H,10-11,13H2,1H3. The lowest BCUT2D eigenvalue weighted by Crippen LogP contribution is -2.37. The first-order valence-corrected chi connectivity index (χ1v) is 8.74. The molecule has 6 nitrogen and oxygen atoms in total. The Kier molecular flexibility index (Phi) is 4.16. The van der Waals surface area contributed by atoms with Gasteiger partial charge in [0.05, 0.1) is 28.6 Å². The van der Waals surface area contributed by atoms with Crippen molar-refractivity contribution in [3.05, 3.63) is 65.1 Å². The summed E-state index contributed by atoms with van der Waals surface area (Å²) in [6, 6.07) is 15.4. The van der Waals surface area contributed by atoms with Crippen LogP contribution in [-0.2, 0) is 11.3 Å². The molecule has 0 spiro atoms. The Balaban J connectivity index is 1.72. The van der Waals surface area contributed by atoms with Crippen molar-refractivity contribution in [2.75, 3.05) is 16.8 Å². The fraction of sp³-hybridized carbons (Fsp3) is 0.250. The molecule has 1 atom stereocenters. The predicted octanol–water partition coefficient (Wildman–Crippen LogP) is 2.63. The summed E-state index contributed by atoms with van der Waals surface area (Å²) in [6.45, 7) is 2.71. The number of anilines is 2. The molecule has 6 heteroatoms. The number of fused-ring (bicyclic) bond motifs is 2. The Bertz CT molecular complexity index is 1030. The number of rotatable bonds is 2. The van der Waals surface area contributed by atoms with Crippen LogP contribution in [-0.4, -0.2) is 28.0 Å². The summed E-state index contributed by atoms with van der Waals surface area (Å²) < 4.78 is 1.50. The quantitative estimate of drug-likeness (QED) is 0.773. The zero-order valence-corrected chi connectivity index (χ0v) is 14.6. The smallest absolute Gasteiger partial charge is 0.269 e. The van der Waals surface area contributed by atoms with Gasteiger partial charge in [-0.1, -0.05) is 24.3 Å². The first kappa shape index (κ1) is 16.3. The van der Waals surface area contributed by atoms with E-state index in [1.165, 1.54) is 10.8 Å². The van der Waals surface area contributed by atoms with Gasteiger partial charge in [0.25, 0.3) is 5.56 Å². The van der Waals surface area contributed by atoms with Gasteiger partial charge < -0.3 is 10.2 Å². The Labute approximate surface area is 151 Å².